The molecule has 4 fully saturated rings. The van der Waals surface area contributed by atoms with E-state index in [-0.39, 0.29) is 72.2 Å². The number of hydrogen-bond acceptors (Lipinski definition) is 4. The van der Waals surface area contributed by atoms with E-state index in [4.69, 9.17) is 0 Å². The van der Waals surface area contributed by atoms with Crippen LogP contribution in [-0.4, -0.2) is 46.5 Å². The highest BCUT2D eigenvalue weighted by atomic mass is 16.2. The molecular weight excluding hydrogens is 332 g/mol. The third-order valence-corrected chi connectivity index (χ3v) is 7.15. The molecule has 4 amide bonds. The van der Waals surface area contributed by atoms with Crippen LogP contribution in [-0.2, 0) is 19.2 Å². The van der Waals surface area contributed by atoms with Gasteiger partial charge in [-0.3, -0.25) is 29.0 Å². The quantitative estimate of drug-likeness (QED) is 0.549. The van der Waals surface area contributed by atoms with Crippen molar-refractivity contribution in [3.05, 3.63) is 37.5 Å². The van der Waals surface area contributed by atoms with E-state index >= 15 is 0 Å². The summed E-state index contributed by atoms with van der Waals surface area (Å²) in [6.07, 6.45) is 7.15. The number of hydrogen-bond donors (Lipinski definition) is 0. The highest BCUT2D eigenvalue weighted by Crippen LogP contribution is 2.68. The predicted molar refractivity (Wildman–Crippen MR) is 90.9 cm³/mol. The van der Waals surface area contributed by atoms with Crippen LogP contribution in [0, 0.1) is 47.3 Å². The Bertz CT molecular complexity index is 759. The molecule has 8 atom stereocenters. The Hall–Kier alpha value is -2.50. The van der Waals surface area contributed by atoms with Gasteiger partial charge in [0.05, 0.1) is 23.7 Å². The van der Waals surface area contributed by atoms with Gasteiger partial charge in [0.15, 0.2) is 0 Å². The van der Waals surface area contributed by atoms with E-state index in [9.17, 15) is 19.2 Å². The van der Waals surface area contributed by atoms with E-state index < -0.39 is 11.8 Å². The van der Waals surface area contributed by atoms with Crippen LogP contribution in [0.25, 0.3) is 0 Å². The van der Waals surface area contributed by atoms with Gasteiger partial charge in [-0.25, -0.2) is 0 Å². The predicted octanol–water partition coefficient (Wildman–Crippen LogP) is 0.623. The van der Waals surface area contributed by atoms with Crippen LogP contribution in [0.5, 0.6) is 0 Å². The van der Waals surface area contributed by atoms with Gasteiger partial charge < -0.3 is 0 Å². The molecule has 0 aromatic heterocycles. The van der Waals surface area contributed by atoms with E-state index in [1.807, 2.05) is 12.2 Å². The fraction of sp³-hybridized carbons (Fsp3) is 0.500. The number of imide groups is 2. The molecule has 0 aromatic carbocycles. The lowest BCUT2D eigenvalue weighted by molar-refractivity contribution is -0.166. The molecule has 4 aliphatic carbocycles. The van der Waals surface area contributed by atoms with Crippen LogP contribution < -0.4 is 0 Å². The Kier molecular flexibility index (Phi) is 3.04. The molecule has 2 saturated carbocycles. The molecular formula is C20H20N2O4. The van der Waals surface area contributed by atoms with Crippen molar-refractivity contribution < 1.29 is 19.2 Å². The number of fused-ring (bicyclic) bond motifs is 1. The average molecular weight is 352 g/mol. The Balaban J connectivity index is 1.53. The average Bonchev–Trinajstić information content (AvgIpc) is 2.97. The van der Waals surface area contributed by atoms with E-state index in [1.54, 1.807) is 12.2 Å². The summed E-state index contributed by atoms with van der Waals surface area (Å²) in [6.45, 7) is 7.71. The molecule has 0 aromatic rings. The second-order valence-electron chi connectivity index (χ2n) is 7.95. The number of allylic oxidation sites excluding steroid dienone is 2. The maximum absolute atomic E-state index is 12.9. The van der Waals surface area contributed by atoms with Crippen molar-refractivity contribution in [3.63, 3.8) is 0 Å². The molecule has 6 heteroatoms. The van der Waals surface area contributed by atoms with Crippen molar-refractivity contribution in [1.82, 2.24) is 9.80 Å². The minimum Gasteiger partial charge on any atom is -0.278 e. The molecule has 0 unspecified atom stereocenters. The van der Waals surface area contributed by atoms with Gasteiger partial charge in [0.2, 0.25) is 23.6 Å². The maximum atomic E-state index is 12.9. The van der Waals surface area contributed by atoms with Crippen LogP contribution in [0.1, 0.15) is 0 Å². The van der Waals surface area contributed by atoms with Crippen molar-refractivity contribution in [2.45, 2.75) is 0 Å². The monoisotopic (exact) mass is 352 g/mol. The summed E-state index contributed by atoms with van der Waals surface area (Å²) in [5, 5.41) is 0. The van der Waals surface area contributed by atoms with Gasteiger partial charge in [-0.2, -0.15) is 0 Å². The lowest BCUT2D eigenvalue weighted by atomic mass is 9.40. The topological polar surface area (TPSA) is 74.8 Å². The van der Waals surface area contributed by atoms with Crippen LogP contribution in [0.4, 0.5) is 0 Å². The van der Waals surface area contributed by atoms with Crippen molar-refractivity contribution in [3.8, 4) is 0 Å². The number of amides is 4. The zero-order valence-electron chi connectivity index (χ0n) is 14.3. The highest BCUT2D eigenvalue weighted by molar-refractivity contribution is 6.09. The second-order valence-corrected chi connectivity index (χ2v) is 7.95. The molecule has 2 aliphatic heterocycles. The zero-order valence-corrected chi connectivity index (χ0v) is 14.3. The first-order valence-corrected chi connectivity index (χ1v) is 9.13. The molecule has 26 heavy (non-hydrogen) atoms. The fourth-order valence-electron chi connectivity index (χ4n) is 6.34. The Morgan fingerprint density at radius 1 is 0.692 bits per heavy atom. The summed E-state index contributed by atoms with van der Waals surface area (Å²) >= 11 is 0. The SMILES string of the molecule is C=CCN1C(=O)[C@@H]2[C@@H]3C=C[C@@H]([C@@H]2C1=O)[C@H]1[C@H]2C(=O)N(CC=C)C(=O)[C@@H]2[C@H]31. The lowest BCUT2D eigenvalue weighted by Crippen LogP contribution is -2.63. The van der Waals surface area contributed by atoms with Gasteiger partial charge in [0.1, 0.15) is 0 Å². The van der Waals surface area contributed by atoms with Crippen molar-refractivity contribution in [1.29, 1.82) is 0 Å². The Morgan fingerprint density at radius 3 is 1.38 bits per heavy atom. The van der Waals surface area contributed by atoms with Gasteiger partial charge in [-0.15, -0.1) is 13.2 Å². The van der Waals surface area contributed by atoms with Gasteiger partial charge >= 0.3 is 0 Å². The summed E-state index contributed by atoms with van der Waals surface area (Å²) in [4.78, 5) is 53.8. The first kappa shape index (κ1) is 15.7. The highest BCUT2D eigenvalue weighted by Gasteiger charge is 2.74. The molecule has 2 bridgehead atoms. The van der Waals surface area contributed by atoms with Crippen molar-refractivity contribution in [2.75, 3.05) is 13.1 Å². The van der Waals surface area contributed by atoms with E-state index in [0.717, 1.165) is 0 Å². The molecule has 6 aliphatic rings. The van der Waals surface area contributed by atoms with Gasteiger partial charge in [0.25, 0.3) is 0 Å². The van der Waals surface area contributed by atoms with Crippen LogP contribution in [0.3, 0.4) is 0 Å². The minimum absolute atomic E-state index is 0.0112. The maximum Gasteiger partial charge on any atom is 0.234 e. The number of rotatable bonds is 4. The van der Waals surface area contributed by atoms with Crippen LogP contribution in [0.2, 0.25) is 0 Å². The van der Waals surface area contributed by atoms with Crippen molar-refractivity contribution >= 4 is 23.6 Å². The zero-order chi connectivity index (χ0) is 18.3. The number of nitrogens with zero attached hydrogens (tertiary/aromatic N) is 2. The van der Waals surface area contributed by atoms with E-state index in [2.05, 4.69) is 13.2 Å². The number of likely N-dealkylation sites (tertiary alicyclic amines) is 2. The van der Waals surface area contributed by atoms with Crippen LogP contribution >= 0.6 is 0 Å². The summed E-state index contributed by atoms with van der Waals surface area (Å²) < 4.78 is 0. The molecule has 0 N–H and O–H groups in total. The molecule has 2 saturated heterocycles. The molecule has 2 heterocycles. The second kappa shape index (κ2) is 5.02. The smallest absolute Gasteiger partial charge is 0.234 e. The van der Waals surface area contributed by atoms with Gasteiger partial charge in [0, 0.05) is 13.1 Å². The molecule has 6 rings (SSSR count). The molecule has 6 nitrogen and oxygen atoms in total. The summed E-state index contributed by atoms with van der Waals surface area (Å²) in [5.74, 6) is -2.35. The summed E-state index contributed by atoms with van der Waals surface area (Å²) in [6, 6.07) is 0. The molecule has 134 valence electrons. The fourth-order valence-corrected chi connectivity index (χ4v) is 6.34. The molecule has 0 radical (unpaired) electrons. The van der Waals surface area contributed by atoms with Crippen LogP contribution in [0.15, 0.2) is 37.5 Å². The third kappa shape index (κ3) is 1.54. The summed E-state index contributed by atoms with van der Waals surface area (Å²) in [7, 11) is 0. The standard InChI is InChI=1S/C20H20N2O4/c1-3-7-21-17(23)13-9-5-6-10(14(13)18(21)24)12-11(9)15-16(12)20(26)22(8-4-2)19(15)25/h3-6,9-16H,1-2,7-8H2/t9-,10-,11-,12-,13-,14+,15-,16-/m1/s1. The number of carbonyl (C=O) groups is 4. The first-order valence-electron chi connectivity index (χ1n) is 9.13. The Labute approximate surface area is 151 Å². The summed E-state index contributed by atoms with van der Waals surface area (Å²) in [5.41, 5.74) is 0. The largest absolute Gasteiger partial charge is 0.278 e. The van der Waals surface area contributed by atoms with E-state index in [0.29, 0.717) is 0 Å². The van der Waals surface area contributed by atoms with Crippen molar-refractivity contribution in [2.24, 2.45) is 47.3 Å². The normalized spacial score (nSPS) is 44.8. The lowest BCUT2D eigenvalue weighted by Gasteiger charge is -2.60. The van der Waals surface area contributed by atoms with Gasteiger partial charge in [-0.1, -0.05) is 24.3 Å². The Morgan fingerprint density at radius 2 is 1.04 bits per heavy atom. The third-order valence-electron chi connectivity index (χ3n) is 7.15. The molecule has 0 spiro atoms. The van der Waals surface area contributed by atoms with Gasteiger partial charge in [-0.05, 0) is 23.7 Å². The number of carbonyl (C=O) groups excluding carboxylic acids is 4. The van der Waals surface area contributed by atoms with E-state index in [1.165, 1.54) is 9.80 Å². The first-order chi connectivity index (χ1) is 12.5. The minimum atomic E-state index is -0.393.